The highest BCUT2D eigenvalue weighted by Crippen LogP contribution is 2.45. The van der Waals surface area contributed by atoms with Crippen LogP contribution in [0.25, 0.3) is 0 Å². The van der Waals surface area contributed by atoms with Crippen molar-refractivity contribution >= 4 is 15.8 Å². The Morgan fingerprint density at radius 1 is 1.33 bits per heavy atom. The van der Waals surface area contributed by atoms with Crippen molar-refractivity contribution in [2.75, 3.05) is 11.5 Å². The molecule has 4 nitrogen and oxygen atoms in total. The molecule has 0 aromatic heterocycles. The van der Waals surface area contributed by atoms with Gasteiger partial charge in [0.15, 0.2) is 9.84 Å². The third-order valence-electron chi connectivity index (χ3n) is 4.97. The molecule has 1 aromatic rings. The van der Waals surface area contributed by atoms with Crippen molar-refractivity contribution < 1.29 is 18.3 Å². The summed E-state index contributed by atoms with van der Waals surface area (Å²) in [4.78, 5) is 11.7. The van der Waals surface area contributed by atoms with Gasteiger partial charge < -0.3 is 5.11 Å². The zero-order chi connectivity index (χ0) is 15.1. The lowest BCUT2D eigenvalue weighted by molar-refractivity contribution is -0.148. The number of aryl methyl sites for hydroxylation is 1. The van der Waals surface area contributed by atoms with E-state index < -0.39 is 21.2 Å². The van der Waals surface area contributed by atoms with E-state index in [-0.39, 0.29) is 23.8 Å². The highest BCUT2D eigenvalue weighted by atomic mass is 32.2. The summed E-state index contributed by atoms with van der Waals surface area (Å²) in [5.41, 5.74) is 1.41. The number of benzene rings is 1. The van der Waals surface area contributed by atoms with Gasteiger partial charge >= 0.3 is 5.97 Å². The fraction of sp³-hybridized carbons (Fsp3) is 0.562. The molecule has 3 rings (SSSR count). The Balaban J connectivity index is 1.91. The van der Waals surface area contributed by atoms with Gasteiger partial charge in [-0.05, 0) is 49.1 Å². The molecule has 1 N–H and O–H groups in total. The first-order valence-corrected chi connectivity index (χ1v) is 9.26. The van der Waals surface area contributed by atoms with E-state index in [1.807, 2.05) is 12.1 Å². The van der Waals surface area contributed by atoms with Crippen LogP contribution in [0.5, 0.6) is 0 Å². The van der Waals surface area contributed by atoms with Crippen molar-refractivity contribution in [2.24, 2.45) is 5.41 Å². The van der Waals surface area contributed by atoms with Crippen LogP contribution in [0.15, 0.2) is 24.3 Å². The molecule has 21 heavy (non-hydrogen) atoms. The van der Waals surface area contributed by atoms with E-state index in [0.717, 1.165) is 19.3 Å². The maximum Gasteiger partial charge on any atom is 0.310 e. The van der Waals surface area contributed by atoms with Crippen LogP contribution < -0.4 is 0 Å². The van der Waals surface area contributed by atoms with Crippen LogP contribution in [-0.2, 0) is 21.1 Å². The minimum absolute atomic E-state index is 0.00761. The molecule has 1 fully saturated rings. The lowest BCUT2D eigenvalue weighted by Gasteiger charge is -2.32. The molecule has 2 aliphatic rings. The molecule has 1 aliphatic heterocycles. The molecule has 1 aromatic carbocycles. The number of sulfone groups is 1. The van der Waals surface area contributed by atoms with Crippen molar-refractivity contribution in [3.63, 3.8) is 0 Å². The van der Waals surface area contributed by atoms with E-state index in [9.17, 15) is 18.3 Å². The second-order valence-corrected chi connectivity index (χ2v) is 8.60. The fourth-order valence-electron chi connectivity index (χ4n) is 3.87. The molecule has 1 aliphatic carbocycles. The Labute approximate surface area is 125 Å². The van der Waals surface area contributed by atoms with E-state index in [0.29, 0.717) is 6.42 Å². The molecule has 2 unspecified atom stereocenters. The van der Waals surface area contributed by atoms with Gasteiger partial charge in [0.1, 0.15) is 0 Å². The van der Waals surface area contributed by atoms with Gasteiger partial charge in [-0.25, -0.2) is 8.42 Å². The molecule has 0 amide bonds. The first kappa shape index (κ1) is 14.6. The minimum Gasteiger partial charge on any atom is -0.481 e. The summed E-state index contributed by atoms with van der Waals surface area (Å²) in [6, 6.07) is 8.16. The molecule has 0 spiro atoms. The highest BCUT2D eigenvalue weighted by Gasteiger charge is 2.49. The van der Waals surface area contributed by atoms with Gasteiger partial charge in [-0.15, -0.1) is 0 Å². The van der Waals surface area contributed by atoms with Crippen LogP contribution in [0, 0.1) is 5.41 Å². The van der Waals surface area contributed by atoms with Crippen LogP contribution in [0.1, 0.15) is 42.7 Å². The summed E-state index contributed by atoms with van der Waals surface area (Å²) >= 11 is 0. The first-order chi connectivity index (χ1) is 9.92. The van der Waals surface area contributed by atoms with Gasteiger partial charge in [-0.1, -0.05) is 24.3 Å². The Morgan fingerprint density at radius 2 is 2.10 bits per heavy atom. The predicted molar refractivity (Wildman–Crippen MR) is 80.1 cm³/mol. The zero-order valence-corrected chi connectivity index (χ0v) is 12.7. The van der Waals surface area contributed by atoms with Crippen LogP contribution in [0.2, 0.25) is 0 Å². The van der Waals surface area contributed by atoms with E-state index in [1.54, 1.807) is 0 Å². The Hall–Kier alpha value is -1.36. The quantitative estimate of drug-likeness (QED) is 0.930. The van der Waals surface area contributed by atoms with Gasteiger partial charge in [0, 0.05) is 0 Å². The number of rotatable bonds is 3. The summed E-state index contributed by atoms with van der Waals surface area (Å²) in [7, 11) is -3.21. The van der Waals surface area contributed by atoms with Crippen molar-refractivity contribution in [1.29, 1.82) is 0 Å². The second-order valence-electron chi connectivity index (χ2n) is 6.42. The summed E-state index contributed by atoms with van der Waals surface area (Å²) in [5, 5.41) is 9.61. The van der Waals surface area contributed by atoms with E-state index in [4.69, 9.17) is 0 Å². The smallest absolute Gasteiger partial charge is 0.310 e. The third kappa shape index (κ3) is 2.71. The largest absolute Gasteiger partial charge is 0.481 e. The monoisotopic (exact) mass is 308 g/mol. The highest BCUT2D eigenvalue weighted by molar-refractivity contribution is 7.91. The Bertz CT molecular complexity index is 665. The standard InChI is InChI=1S/C16H20O4S/c17-15(18)16(8-9-21(19,20)11-16)10-13-6-3-5-12-4-1-2-7-14(12)13/h1-2,4,7,13H,3,5-6,8-11H2,(H,17,18). The van der Waals surface area contributed by atoms with Crippen LogP contribution in [0.3, 0.4) is 0 Å². The topological polar surface area (TPSA) is 71.4 Å². The Morgan fingerprint density at radius 3 is 2.76 bits per heavy atom. The molecule has 1 saturated heterocycles. The van der Waals surface area contributed by atoms with Gasteiger partial charge in [0.2, 0.25) is 0 Å². The average molecular weight is 308 g/mol. The number of carbonyl (C=O) groups is 1. The van der Waals surface area contributed by atoms with Crippen molar-refractivity contribution in [2.45, 2.75) is 38.0 Å². The lowest BCUT2D eigenvalue weighted by atomic mass is 9.72. The normalized spacial score (nSPS) is 30.8. The van der Waals surface area contributed by atoms with Gasteiger partial charge in [0.05, 0.1) is 16.9 Å². The molecule has 5 heteroatoms. The number of aliphatic carboxylic acids is 1. The van der Waals surface area contributed by atoms with Crippen molar-refractivity contribution in [3.05, 3.63) is 35.4 Å². The number of carboxylic acids is 1. The van der Waals surface area contributed by atoms with Crippen LogP contribution in [-0.4, -0.2) is 31.0 Å². The molecule has 1 heterocycles. The minimum atomic E-state index is -3.21. The molecular weight excluding hydrogens is 288 g/mol. The first-order valence-electron chi connectivity index (χ1n) is 7.44. The molecule has 0 radical (unpaired) electrons. The van der Waals surface area contributed by atoms with Crippen molar-refractivity contribution in [1.82, 2.24) is 0 Å². The number of fused-ring (bicyclic) bond motifs is 1. The SMILES string of the molecule is O=C(O)C1(CC2CCCc3ccccc32)CCS(=O)(=O)C1. The number of hydrogen-bond donors (Lipinski definition) is 1. The number of carboxylic acid groups (broad SMARTS) is 1. The fourth-order valence-corrected chi connectivity index (χ4v) is 5.95. The number of hydrogen-bond acceptors (Lipinski definition) is 3. The summed E-state index contributed by atoms with van der Waals surface area (Å²) in [6.07, 6.45) is 3.73. The van der Waals surface area contributed by atoms with Gasteiger partial charge in [-0.3, -0.25) is 4.79 Å². The van der Waals surface area contributed by atoms with Gasteiger partial charge in [-0.2, -0.15) is 0 Å². The summed E-state index contributed by atoms with van der Waals surface area (Å²) < 4.78 is 23.5. The summed E-state index contributed by atoms with van der Waals surface area (Å²) in [5.74, 6) is -0.979. The average Bonchev–Trinajstić information content (AvgIpc) is 2.76. The second kappa shape index (κ2) is 5.13. The zero-order valence-electron chi connectivity index (χ0n) is 11.9. The third-order valence-corrected chi connectivity index (χ3v) is 6.79. The maximum atomic E-state index is 11.8. The van der Waals surface area contributed by atoms with Gasteiger partial charge in [0.25, 0.3) is 0 Å². The van der Waals surface area contributed by atoms with E-state index in [1.165, 1.54) is 11.1 Å². The van der Waals surface area contributed by atoms with E-state index >= 15 is 0 Å². The van der Waals surface area contributed by atoms with Crippen molar-refractivity contribution in [3.8, 4) is 0 Å². The van der Waals surface area contributed by atoms with E-state index in [2.05, 4.69) is 12.1 Å². The van der Waals surface area contributed by atoms with Crippen LogP contribution in [0.4, 0.5) is 0 Å². The summed E-state index contributed by atoms with van der Waals surface area (Å²) in [6.45, 7) is 0. The molecule has 0 bridgehead atoms. The lowest BCUT2D eigenvalue weighted by Crippen LogP contribution is -2.34. The van der Waals surface area contributed by atoms with Crippen LogP contribution >= 0.6 is 0 Å². The molecular formula is C16H20O4S. The molecule has 114 valence electrons. The predicted octanol–water partition coefficient (Wildman–Crippen LogP) is 2.39. The maximum absolute atomic E-state index is 11.8. The molecule has 0 saturated carbocycles. The Kier molecular flexibility index (Phi) is 3.56. The molecule has 2 atom stereocenters.